The Morgan fingerprint density at radius 3 is 2.89 bits per heavy atom. The number of hydrogen-bond donors (Lipinski definition) is 1. The van der Waals surface area contributed by atoms with E-state index in [-0.39, 0.29) is 5.91 Å². The number of rotatable bonds is 3. The van der Waals surface area contributed by atoms with Gasteiger partial charge in [0.15, 0.2) is 4.67 Å². The summed E-state index contributed by atoms with van der Waals surface area (Å²) in [5.41, 5.74) is 3.71. The lowest BCUT2D eigenvalue weighted by molar-refractivity contribution is 0.0955. The molecular formula is C12H10BrN3O2. The number of carbonyl (C=O) groups excluding carboxylic acids is 1. The second kappa shape index (κ2) is 5.59. The van der Waals surface area contributed by atoms with Gasteiger partial charge in [0.05, 0.1) is 11.8 Å². The predicted octanol–water partition coefficient (Wildman–Crippen LogP) is 2.51. The molecule has 92 valence electrons. The number of hydrazone groups is 1. The summed E-state index contributed by atoms with van der Waals surface area (Å²) in [6.45, 7) is 1.86. The van der Waals surface area contributed by atoms with Crippen LogP contribution in [0.1, 0.15) is 21.8 Å². The van der Waals surface area contributed by atoms with Crippen LogP contribution in [0.2, 0.25) is 0 Å². The van der Waals surface area contributed by atoms with Crippen molar-refractivity contribution in [3.05, 3.63) is 52.1 Å². The average molecular weight is 308 g/mol. The molecule has 1 N–H and O–H groups in total. The fraction of sp³-hybridized carbons (Fsp3) is 0.0833. The Kier molecular flexibility index (Phi) is 3.88. The van der Waals surface area contributed by atoms with Gasteiger partial charge < -0.3 is 4.42 Å². The Hall–Kier alpha value is -1.95. The van der Waals surface area contributed by atoms with Gasteiger partial charge in [-0.15, -0.1) is 0 Å². The number of pyridine rings is 1. The van der Waals surface area contributed by atoms with Gasteiger partial charge in [-0.2, -0.15) is 5.10 Å². The molecular weight excluding hydrogens is 298 g/mol. The largest absolute Gasteiger partial charge is 0.448 e. The van der Waals surface area contributed by atoms with E-state index in [1.807, 2.05) is 6.92 Å². The molecule has 0 spiro atoms. The number of nitrogens with zero attached hydrogens (tertiary/aromatic N) is 2. The van der Waals surface area contributed by atoms with Crippen LogP contribution >= 0.6 is 15.9 Å². The normalized spacial score (nSPS) is 10.8. The van der Waals surface area contributed by atoms with E-state index in [9.17, 15) is 4.79 Å². The average Bonchev–Trinajstić information content (AvgIpc) is 2.76. The zero-order chi connectivity index (χ0) is 13.0. The summed E-state index contributed by atoms with van der Waals surface area (Å²) in [5.74, 6) is 0.230. The first-order valence-electron chi connectivity index (χ1n) is 5.16. The van der Waals surface area contributed by atoms with Crippen LogP contribution < -0.4 is 5.43 Å². The first-order valence-corrected chi connectivity index (χ1v) is 5.96. The van der Waals surface area contributed by atoms with Gasteiger partial charge in [0.2, 0.25) is 0 Å². The van der Waals surface area contributed by atoms with E-state index < -0.39 is 0 Å². The number of aromatic nitrogens is 1. The van der Waals surface area contributed by atoms with Crippen molar-refractivity contribution in [1.82, 2.24) is 10.4 Å². The predicted molar refractivity (Wildman–Crippen MR) is 70.4 cm³/mol. The quantitative estimate of drug-likeness (QED) is 0.700. The second-order valence-corrected chi connectivity index (χ2v) is 4.31. The summed E-state index contributed by atoms with van der Waals surface area (Å²) >= 11 is 3.17. The minimum Gasteiger partial charge on any atom is -0.448 e. The Balaban J connectivity index is 1.96. The minimum absolute atomic E-state index is 0.315. The van der Waals surface area contributed by atoms with Crippen molar-refractivity contribution >= 4 is 28.1 Å². The van der Waals surface area contributed by atoms with E-state index in [1.54, 1.807) is 24.3 Å². The van der Waals surface area contributed by atoms with Gasteiger partial charge in [-0.3, -0.25) is 9.78 Å². The molecule has 2 aromatic heterocycles. The Morgan fingerprint density at radius 2 is 2.28 bits per heavy atom. The van der Waals surface area contributed by atoms with Crippen molar-refractivity contribution in [3.63, 3.8) is 0 Å². The van der Waals surface area contributed by atoms with Crippen LogP contribution in [0.15, 0.2) is 44.7 Å². The zero-order valence-corrected chi connectivity index (χ0v) is 11.1. The second-order valence-electron chi connectivity index (χ2n) is 3.53. The lowest BCUT2D eigenvalue weighted by Crippen LogP contribution is -2.17. The number of nitrogens with one attached hydrogen (secondary N) is 1. The minimum atomic E-state index is -0.315. The number of aryl methyl sites for hydroxylation is 1. The van der Waals surface area contributed by atoms with Crippen LogP contribution in [0, 0.1) is 6.92 Å². The van der Waals surface area contributed by atoms with Gasteiger partial charge >= 0.3 is 0 Å². The van der Waals surface area contributed by atoms with Gasteiger partial charge in [-0.25, -0.2) is 5.43 Å². The third-order valence-corrected chi connectivity index (χ3v) is 2.55. The molecule has 18 heavy (non-hydrogen) atoms. The lowest BCUT2D eigenvalue weighted by atomic mass is 10.2. The highest BCUT2D eigenvalue weighted by Gasteiger charge is 2.03. The molecule has 0 aliphatic rings. The topological polar surface area (TPSA) is 67.5 Å². The monoisotopic (exact) mass is 307 g/mol. The van der Waals surface area contributed by atoms with E-state index in [1.165, 1.54) is 12.4 Å². The highest BCUT2D eigenvalue weighted by Crippen LogP contribution is 2.11. The van der Waals surface area contributed by atoms with E-state index in [0.717, 1.165) is 5.69 Å². The molecule has 2 aromatic rings. The number of furan rings is 1. The van der Waals surface area contributed by atoms with Crippen molar-refractivity contribution in [1.29, 1.82) is 0 Å². The van der Waals surface area contributed by atoms with Crippen LogP contribution in [0.3, 0.4) is 0 Å². The van der Waals surface area contributed by atoms with E-state index in [0.29, 0.717) is 16.0 Å². The molecule has 0 aliphatic heterocycles. The van der Waals surface area contributed by atoms with E-state index >= 15 is 0 Å². The summed E-state index contributed by atoms with van der Waals surface area (Å²) in [4.78, 5) is 15.7. The number of amides is 1. The van der Waals surface area contributed by atoms with Gasteiger partial charge in [0.25, 0.3) is 5.91 Å². The number of hydrogen-bond acceptors (Lipinski definition) is 4. The van der Waals surface area contributed by atoms with Gasteiger partial charge in [-0.1, -0.05) is 0 Å². The fourth-order valence-electron chi connectivity index (χ4n) is 1.22. The third-order valence-electron chi connectivity index (χ3n) is 2.13. The van der Waals surface area contributed by atoms with Crippen LogP contribution in [0.25, 0.3) is 0 Å². The van der Waals surface area contributed by atoms with Crippen LogP contribution in [0.4, 0.5) is 0 Å². The molecule has 0 saturated heterocycles. The number of carbonyl (C=O) groups is 1. The maximum Gasteiger partial charge on any atom is 0.272 e. The molecule has 0 aliphatic carbocycles. The highest BCUT2D eigenvalue weighted by molar-refractivity contribution is 9.10. The van der Waals surface area contributed by atoms with E-state index in [4.69, 9.17) is 4.42 Å². The molecule has 1 amide bonds. The Labute approximate surface area is 112 Å². The maximum atomic E-state index is 11.6. The van der Waals surface area contributed by atoms with Gasteiger partial charge in [0, 0.05) is 11.9 Å². The van der Waals surface area contributed by atoms with E-state index in [2.05, 4.69) is 31.4 Å². The van der Waals surface area contributed by atoms with Gasteiger partial charge in [0.1, 0.15) is 5.76 Å². The molecule has 2 heterocycles. The molecule has 0 unspecified atom stereocenters. The molecule has 0 fully saturated rings. The fourth-order valence-corrected chi connectivity index (χ4v) is 1.54. The van der Waals surface area contributed by atoms with Gasteiger partial charge in [-0.05, 0) is 47.1 Å². The molecule has 0 bridgehead atoms. The summed E-state index contributed by atoms with van der Waals surface area (Å²) in [7, 11) is 0. The zero-order valence-electron chi connectivity index (χ0n) is 9.55. The Morgan fingerprint density at radius 1 is 1.44 bits per heavy atom. The first kappa shape index (κ1) is 12.5. The molecule has 2 rings (SSSR count). The van der Waals surface area contributed by atoms with Crippen LogP contribution in [0.5, 0.6) is 0 Å². The van der Waals surface area contributed by atoms with Crippen LogP contribution in [-0.4, -0.2) is 17.1 Å². The Bertz CT molecular complexity index is 575. The third kappa shape index (κ3) is 3.27. The first-order chi connectivity index (χ1) is 8.65. The molecule has 5 nitrogen and oxygen atoms in total. The van der Waals surface area contributed by atoms with Crippen molar-refractivity contribution in [2.45, 2.75) is 6.92 Å². The summed E-state index contributed by atoms with van der Waals surface area (Å²) < 4.78 is 5.80. The van der Waals surface area contributed by atoms with Crippen molar-refractivity contribution in [2.75, 3.05) is 0 Å². The van der Waals surface area contributed by atoms with Crippen molar-refractivity contribution in [2.24, 2.45) is 5.10 Å². The van der Waals surface area contributed by atoms with Crippen LogP contribution in [-0.2, 0) is 0 Å². The maximum absolute atomic E-state index is 11.6. The van der Waals surface area contributed by atoms with Crippen molar-refractivity contribution < 1.29 is 9.21 Å². The summed E-state index contributed by atoms with van der Waals surface area (Å²) in [6, 6.07) is 6.93. The molecule has 0 saturated carbocycles. The molecule has 0 radical (unpaired) electrons. The molecule has 0 atom stereocenters. The smallest absolute Gasteiger partial charge is 0.272 e. The van der Waals surface area contributed by atoms with Crippen molar-refractivity contribution in [3.8, 4) is 0 Å². The molecule has 6 heteroatoms. The number of halogens is 1. The molecule has 0 aromatic carbocycles. The highest BCUT2D eigenvalue weighted by atomic mass is 79.9. The SMILES string of the molecule is Cc1ccc(C(=O)NN=Cc2ccc(Br)o2)cn1. The summed E-state index contributed by atoms with van der Waals surface area (Å²) in [6.07, 6.45) is 2.92. The lowest BCUT2D eigenvalue weighted by Gasteiger charge is -1.98. The summed E-state index contributed by atoms with van der Waals surface area (Å²) in [5, 5.41) is 3.79. The standard InChI is InChI=1S/C12H10BrN3O2/c1-8-2-3-9(6-14-8)12(17)16-15-7-10-4-5-11(13)18-10/h2-7H,1H3,(H,16,17).